The summed E-state index contributed by atoms with van der Waals surface area (Å²) in [4.78, 5) is 0. The van der Waals surface area contributed by atoms with Gasteiger partial charge >= 0.3 is 0 Å². The molecule has 0 spiro atoms. The van der Waals surface area contributed by atoms with E-state index >= 15 is 0 Å². The van der Waals surface area contributed by atoms with Gasteiger partial charge in [-0.1, -0.05) is 51.0 Å². The molecule has 3 nitrogen and oxygen atoms in total. The summed E-state index contributed by atoms with van der Waals surface area (Å²) in [6.07, 6.45) is 8.22. The number of aryl methyl sites for hydroxylation is 1. The third kappa shape index (κ3) is 10.8. The van der Waals surface area contributed by atoms with Gasteiger partial charge in [0.15, 0.2) is 0 Å². The molecule has 1 rings (SSSR count). The Morgan fingerprint density at radius 2 is 2.10 bits per heavy atom. The molecule has 1 unspecified atom stereocenters. The molecule has 20 heavy (non-hydrogen) atoms. The van der Waals surface area contributed by atoms with E-state index in [-0.39, 0.29) is 0 Å². The SMILES string of the molecule is C/C=C\CCCC.CCNS(=O)Oc1cccc(C)c1. The number of allylic oxidation sites excluding steroid dienone is 2. The molecule has 1 N–H and O–H groups in total. The zero-order valence-corrected chi connectivity index (χ0v) is 13.8. The summed E-state index contributed by atoms with van der Waals surface area (Å²) in [7, 11) is 0. The van der Waals surface area contributed by atoms with E-state index in [4.69, 9.17) is 4.18 Å². The topological polar surface area (TPSA) is 38.3 Å². The minimum absolute atomic E-state index is 0.623. The molecule has 1 atom stereocenters. The maximum atomic E-state index is 11.1. The summed E-state index contributed by atoms with van der Waals surface area (Å²) in [6, 6.07) is 7.45. The van der Waals surface area contributed by atoms with Gasteiger partial charge in [-0.2, -0.15) is 4.21 Å². The van der Waals surface area contributed by atoms with Gasteiger partial charge in [0.2, 0.25) is 0 Å². The number of benzene rings is 1. The van der Waals surface area contributed by atoms with Crippen molar-refractivity contribution in [2.45, 2.75) is 47.0 Å². The average Bonchev–Trinajstić information content (AvgIpc) is 2.40. The molecule has 0 bridgehead atoms. The average molecular weight is 297 g/mol. The van der Waals surface area contributed by atoms with E-state index in [0.29, 0.717) is 12.3 Å². The molecular formula is C16H27NO2S. The van der Waals surface area contributed by atoms with Gasteiger partial charge in [0, 0.05) is 6.54 Å². The van der Waals surface area contributed by atoms with E-state index in [0.717, 1.165) is 5.56 Å². The van der Waals surface area contributed by atoms with Gasteiger partial charge in [0.05, 0.1) is 0 Å². The molecular weight excluding hydrogens is 270 g/mol. The van der Waals surface area contributed by atoms with E-state index < -0.39 is 11.3 Å². The van der Waals surface area contributed by atoms with Crippen LogP contribution in [0.2, 0.25) is 0 Å². The zero-order chi connectivity index (χ0) is 15.2. The van der Waals surface area contributed by atoms with Crippen LogP contribution in [0.25, 0.3) is 0 Å². The highest BCUT2D eigenvalue weighted by Crippen LogP contribution is 2.12. The van der Waals surface area contributed by atoms with E-state index in [1.807, 2.05) is 32.0 Å². The minimum Gasteiger partial charge on any atom is -0.389 e. The highest BCUT2D eigenvalue weighted by Gasteiger charge is 1.99. The standard InChI is InChI=1S/C9H13NO2S.C7H14/c1-3-10-13(11)12-9-6-4-5-8(2)7-9;1-3-5-7-6-4-2/h4-7,10H,3H2,1-2H3;3,5H,4,6-7H2,1-2H3/b;5-3-. The fraction of sp³-hybridized carbons (Fsp3) is 0.500. The van der Waals surface area contributed by atoms with Gasteiger partial charge in [-0.15, -0.1) is 0 Å². The molecule has 0 amide bonds. The Kier molecular flexibility index (Phi) is 12.2. The molecule has 0 aliphatic rings. The molecule has 4 heteroatoms. The van der Waals surface area contributed by atoms with E-state index in [9.17, 15) is 4.21 Å². The van der Waals surface area contributed by atoms with Crippen molar-refractivity contribution in [1.82, 2.24) is 4.72 Å². The van der Waals surface area contributed by atoms with E-state index in [2.05, 4.69) is 30.7 Å². The lowest BCUT2D eigenvalue weighted by Crippen LogP contribution is -2.20. The summed E-state index contributed by atoms with van der Waals surface area (Å²) < 4.78 is 18.9. The van der Waals surface area contributed by atoms with Crippen molar-refractivity contribution < 1.29 is 8.39 Å². The zero-order valence-electron chi connectivity index (χ0n) is 13.0. The first-order chi connectivity index (χ1) is 9.63. The van der Waals surface area contributed by atoms with Crippen molar-refractivity contribution >= 4 is 11.3 Å². The van der Waals surface area contributed by atoms with E-state index in [1.54, 1.807) is 6.07 Å². The summed E-state index contributed by atoms with van der Waals surface area (Å²) in [5.74, 6) is 0.624. The van der Waals surface area contributed by atoms with Crippen molar-refractivity contribution in [2.24, 2.45) is 0 Å². The van der Waals surface area contributed by atoms with Crippen molar-refractivity contribution in [2.75, 3.05) is 6.54 Å². The quantitative estimate of drug-likeness (QED) is 0.601. The number of hydrogen-bond donors (Lipinski definition) is 1. The lowest BCUT2D eigenvalue weighted by atomic mass is 10.2. The Labute approximate surface area is 126 Å². The first-order valence-corrected chi connectivity index (χ1v) is 8.22. The second kappa shape index (κ2) is 12.9. The molecule has 0 saturated heterocycles. The van der Waals surface area contributed by atoms with Crippen LogP contribution in [0.4, 0.5) is 0 Å². The van der Waals surface area contributed by atoms with Crippen LogP contribution in [-0.2, 0) is 11.3 Å². The highest BCUT2D eigenvalue weighted by atomic mass is 32.2. The fourth-order valence-electron chi connectivity index (χ4n) is 1.39. The Bertz CT molecular complexity index is 405. The second-order valence-corrected chi connectivity index (χ2v) is 5.27. The maximum Gasteiger partial charge on any atom is 0.287 e. The predicted octanol–water partition coefficient (Wildman–Crippen LogP) is 4.31. The normalized spacial score (nSPS) is 11.8. The first kappa shape index (κ1) is 18.9. The van der Waals surface area contributed by atoms with Crippen molar-refractivity contribution in [3.05, 3.63) is 42.0 Å². The third-order valence-corrected chi connectivity index (χ3v) is 3.25. The maximum absolute atomic E-state index is 11.1. The van der Waals surface area contributed by atoms with E-state index in [1.165, 1.54) is 19.3 Å². The summed E-state index contributed by atoms with van der Waals surface area (Å²) in [5.41, 5.74) is 1.09. The van der Waals surface area contributed by atoms with Gasteiger partial charge in [-0.3, -0.25) is 0 Å². The summed E-state index contributed by atoms with van der Waals surface area (Å²) in [6.45, 7) is 8.73. The molecule has 0 aliphatic carbocycles. The van der Waals surface area contributed by atoms with Crippen molar-refractivity contribution in [3.8, 4) is 5.75 Å². The van der Waals surface area contributed by atoms with Crippen LogP contribution in [0, 0.1) is 6.92 Å². The monoisotopic (exact) mass is 297 g/mol. The predicted molar refractivity (Wildman–Crippen MR) is 88.0 cm³/mol. The molecule has 0 aliphatic heterocycles. The molecule has 1 aromatic rings. The number of nitrogens with one attached hydrogen (secondary N) is 1. The van der Waals surface area contributed by atoms with Gasteiger partial charge in [0.25, 0.3) is 11.3 Å². The largest absolute Gasteiger partial charge is 0.389 e. The molecule has 0 heterocycles. The van der Waals surface area contributed by atoms with Crippen LogP contribution in [-0.4, -0.2) is 10.8 Å². The third-order valence-electron chi connectivity index (χ3n) is 2.38. The second-order valence-electron chi connectivity index (χ2n) is 4.34. The van der Waals surface area contributed by atoms with Crippen LogP contribution in [0.1, 0.15) is 45.6 Å². The molecule has 0 fully saturated rings. The fourth-order valence-corrected chi connectivity index (χ4v) is 1.96. The summed E-state index contributed by atoms with van der Waals surface area (Å²) >= 11 is -1.43. The Balaban J connectivity index is 0.000000441. The molecule has 1 aromatic carbocycles. The minimum atomic E-state index is -1.43. The Morgan fingerprint density at radius 3 is 2.65 bits per heavy atom. The molecule has 114 valence electrons. The van der Waals surface area contributed by atoms with Crippen LogP contribution in [0.5, 0.6) is 5.75 Å². The first-order valence-electron chi connectivity index (χ1n) is 7.15. The Hall–Kier alpha value is -1.13. The van der Waals surface area contributed by atoms with Gasteiger partial charge in [-0.05, 0) is 38.0 Å². The van der Waals surface area contributed by atoms with Gasteiger partial charge in [-0.25, -0.2) is 4.72 Å². The van der Waals surface area contributed by atoms with Crippen LogP contribution in [0.15, 0.2) is 36.4 Å². The van der Waals surface area contributed by atoms with Crippen molar-refractivity contribution in [3.63, 3.8) is 0 Å². The Morgan fingerprint density at radius 1 is 1.35 bits per heavy atom. The van der Waals surface area contributed by atoms with Gasteiger partial charge < -0.3 is 4.18 Å². The number of rotatable bonds is 7. The highest BCUT2D eigenvalue weighted by molar-refractivity contribution is 7.78. The number of unbranched alkanes of at least 4 members (excludes halogenated alkanes) is 2. The van der Waals surface area contributed by atoms with Crippen molar-refractivity contribution in [1.29, 1.82) is 0 Å². The lowest BCUT2D eigenvalue weighted by molar-refractivity contribution is 0.550. The molecule has 0 aromatic heterocycles. The lowest BCUT2D eigenvalue weighted by Gasteiger charge is -2.04. The smallest absolute Gasteiger partial charge is 0.287 e. The molecule has 0 radical (unpaired) electrons. The summed E-state index contributed by atoms with van der Waals surface area (Å²) in [5, 5.41) is 0. The van der Waals surface area contributed by atoms with Crippen LogP contribution in [0.3, 0.4) is 0 Å². The molecule has 0 saturated carbocycles. The van der Waals surface area contributed by atoms with Crippen LogP contribution >= 0.6 is 0 Å². The number of hydrogen-bond acceptors (Lipinski definition) is 2. The van der Waals surface area contributed by atoms with Gasteiger partial charge in [0.1, 0.15) is 5.75 Å². The van der Waals surface area contributed by atoms with Crippen LogP contribution < -0.4 is 8.91 Å².